The summed E-state index contributed by atoms with van der Waals surface area (Å²) >= 11 is 0. The smallest absolute Gasteiger partial charge is 0.265 e. The molecular formula is C24H29N3O3. The summed E-state index contributed by atoms with van der Waals surface area (Å²) in [6.45, 7) is 6.13. The summed E-state index contributed by atoms with van der Waals surface area (Å²) in [7, 11) is 0. The molecule has 1 fully saturated rings. The van der Waals surface area contributed by atoms with Crippen LogP contribution in [0, 0.1) is 13.8 Å². The third kappa shape index (κ3) is 4.27. The molecule has 0 unspecified atom stereocenters. The first-order valence-corrected chi connectivity index (χ1v) is 10.7. The Bertz CT molecular complexity index is 937. The zero-order chi connectivity index (χ0) is 21.1. The molecule has 1 N–H and O–H groups in total. The number of nitrogens with zero attached hydrogens (tertiary/aromatic N) is 2. The van der Waals surface area contributed by atoms with E-state index >= 15 is 0 Å². The molecule has 0 aliphatic carbocycles. The fourth-order valence-electron chi connectivity index (χ4n) is 4.15. The second kappa shape index (κ2) is 8.78. The van der Waals surface area contributed by atoms with Crippen LogP contribution in [0.15, 0.2) is 42.5 Å². The lowest BCUT2D eigenvalue weighted by Crippen LogP contribution is -2.52. The summed E-state index contributed by atoms with van der Waals surface area (Å²) in [4.78, 5) is 29.7. The van der Waals surface area contributed by atoms with Gasteiger partial charge in [-0.3, -0.25) is 9.59 Å². The Morgan fingerprint density at radius 3 is 2.60 bits per heavy atom. The van der Waals surface area contributed by atoms with Gasteiger partial charge in [0, 0.05) is 18.8 Å². The summed E-state index contributed by atoms with van der Waals surface area (Å²) in [5.41, 5.74) is 3.86. The van der Waals surface area contributed by atoms with Crippen LogP contribution in [0.5, 0.6) is 5.75 Å². The number of rotatable bonds is 4. The first-order chi connectivity index (χ1) is 14.5. The van der Waals surface area contributed by atoms with Gasteiger partial charge in [0.15, 0.2) is 6.10 Å². The van der Waals surface area contributed by atoms with Crippen molar-refractivity contribution in [3.63, 3.8) is 0 Å². The van der Waals surface area contributed by atoms with Gasteiger partial charge in [0.2, 0.25) is 5.91 Å². The summed E-state index contributed by atoms with van der Waals surface area (Å²) in [5, 5.41) is 3.02. The summed E-state index contributed by atoms with van der Waals surface area (Å²) in [5.74, 6) is 0.562. The van der Waals surface area contributed by atoms with Crippen LogP contribution in [0.4, 0.5) is 11.4 Å². The van der Waals surface area contributed by atoms with Gasteiger partial charge in [-0.1, -0.05) is 24.3 Å². The second-order valence-electron chi connectivity index (χ2n) is 8.14. The third-order valence-corrected chi connectivity index (χ3v) is 6.02. The highest BCUT2D eigenvalue weighted by Crippen LogP contribution is 2.33. The van der Waals surface area contributed by atoms with Crippen LogP contribution in [0.3, 0.4) is 0 Å². The first kappa shape index (κ1) is 20.3. The number of hydrogen-bond donors (Lipinski definition) is 1. The zero-order valence-electron chi connectivity index (χ0n) is 17.7. The van der Waals surface area contributed by atoms with E-state index in [9.17, 15) is 9.59 Å². The highest BCUT2D eigenvalue weighted by atomic mass is 16.5. The van der Waals surface area contributed by atoms with Crippen molar-refractivity contribution in [2.75, 3.05) is 36.4 Å². The molecule has 0 saturated carbocycles. The molecule has 2 aromatic rings. The number of benzene rings is 2. The van der Waals surface area contributed by atoms with E-state index in [0.717, 1.165) is 48.4 Å². The molecule has 0 aromatic heterocycles. The fourth-order valence-corrected chi connectivity index (χ4v) is 4.15. The van der Waals surface area contributed by atoms with Gasteiger partial charge in [0.1, 0.15) is 5.75 Å². The molecule has 0 spiro atoms. The number of fused-ring (bicyclic) bond motifs is 1. The summed E-state index contributed by atoms with van der Waals surface area (Å²) in [6.07, 6.45) is 2.66. The monoisotopic (exact) mass is 407 g/mol. The molecule has 2 amide bonds. The number of piperidine rings is 1. The average molecular weight is 408 g/mol. The van der Waals surface area contributed by atoms with Crippen LogP contribution in [0.2, 0.25) is 0 Å². The molecule has 158 valence electrons. The van der Waals surface area contributed by atoms with Crippen molar-refractivity contribution in [1.82, 2.24) is 4.90 Å². The number of anilines is 2. The minimum absolute atomic E-state index is 0.0177. The van der Waals surface area contributed by atoms with Gasteiger partial charge in [-0.15, -0.1) is 0 Å². The van der Waals surface area contributed by atoms with Crippen LogP contribution in [0.25, 0.3) is 0 Å². The number of ether oxygens (including phenoxy) is 1. The molecule has 4 rings (SSSR count). The normalized spacial score (nSPS) is 18.4. The third-order valence-electron chi connectivity index (χ3n) is 6.02. The maximum atomic E-state index is 13.0. The van der Waals surface area contributed by atoms with Crippen molar-refractivity contribution in [3.8, 4) is 5.75 Å². The second-order valence-corrected chi connectivity index (χ2v) is 8.14. The molecule has 2 aliphatic heterocycles. The van der Waals surface area contributed by atoms with Crippen molar-refractivity contribution in [2.24, 2.45) is 0 Å². The van der Waals surface area contributed by atoms with E-state index in [1.165, 1.54) is 6.42 Å². The largest absolute Gasteiger partial charge is 0.477 e. The number of aryl methyl sites for hydroxylation is 1. The van der Waals surface area contributed by atoms with Gasteiger partial charge in [-0.25, -0.2) is 0 Å². The Morgan fingerprint density at radius 2 is 1.80 bits per heavy atom. The minimum Gasteiger partial charge on any atom is -0.477 e. The number of likely N-dealkylation sites (tertiary alicyclic amines) is 1. The Morgan fingerprint density at radius 1 is 1.03 bits per heavy atom. The lowest BCUT2D eigenvalue weighted by molar-refractivity contribution is -0.139. The SMILES string of the molecule is Cc1cccc(NC(=O)CN2C[C@H](C(=O)N3CCCCC3)Oc3ccccc32)c1C. The Hall–Kier alpha value is -3.02. The molecule has 1 atom stereocenters. The van der Waals surface area contributed by atoms with E-state index in [1.54, 1.807) is 0 Å². The maximum Gasteiger partial charge on any atom is 0.265 e. The lowest BCUT2D eigenvalue weighted by Gasteiger charge is -2.38. The molecule has 6 nitrogen and oxygen atoms in total. The van der Waals surface area contributed by atoms with Gasteiger partial charge in [-0.2, -0.15) is 0 Å². The standard InChI is InChI=1S/C24H29N3O3/c1-17-9-8-10-19(18(17)2)25-23(28)16-27-15-22(24(29)26-13-6-3-7-14-26)30-21-12-5-4-11-20(21)27/h4-5,8-12,22H,3,6-7,13-16H2,1-2H3,(H,25,28)/t22-/m1/s1. The highest BCUT2D eigenvalue weighted by Gasteiger charge is 2.34. The van der Waals surface area contributed by atoms with Crippen molar-refractivity contribution in [1.29, 1.82) is 0 Å². The van der Waals surface area contributed by atoms with E-state index in [2.05, 4.69) is 5.32 Å². The molecule has 2 aliphatic rings. The number of hydrogen-bond acceptors (Lipinski definition) is 4. The van der Waals surface area contributed by atoms with Crippen LogP contribution in [0.1, 0.15) is 30.4 Å². The number of nitrogens with one attached hydrogen (secondary N) is 1. The van der Waals surface area contributed by atoms with Crippen LogP contribution < -0.4 is 15.0 Å². The van der Waals surface area contributed by atoms with Gasteiger partial charge in [-0.05, 0) is 62.4 Å². The van der Waals surface area contributed by atoms with Crippen LogP contribution in [-0.4, -0.2) is 49.0 Å². The Kier molecular flexibility index (Phi) is 5.93. The maximum absolute atomic E-state index is 13.0. The number of carbonyl (C=O) groups is 2. The topological polar surface area (TPSA) is 61.9 Å². The van der Waals surface area contributed by atoms with Crippen molar-refractivity contribution in [3.05, 3.63) is 53.6 Å². The van der Waals surface area contributed by atoms with E-state index in [0.29, 0.717) is 12.3 Å². The first-order valence-electron chi connectivity index (χ1n) is 10.7. The molecular weight excluding hydrogens is 378 g/mol. The molecule has 2 aromatic carbocycles. The van der Waals surface area contributed by atoms with E-state index < -0.39 is 6.10 Å². The highest BCUT2D eigenvalue weighted by molar-refractivity contribution is 5.95. The number of carbonyl (C=O) groups excluding carboxylic acids is 2. The predicted molar refractivity (Wildman–Crippen MR) is 118 cm³/mol. The van der Waals surface area contributed by atoms with Gasteiger partial charge in [0.25, 0.3) is 5.91 Å². The number of para-hydroxylation sites is 2. The summed E-state index contributed by atoms with van der Waals surface area (Å²) in [6, 6.07) is 13.5. The van der Waals surface area contributed by atoms with Crippen LogP contribution >= 0.6 is 0 Å². The number of amides is 2. The minimum atomic E-state index is -0.591. The van der Waals surface area contributed by atoms with E-state index in [1.807, 2.05) is 66.1 Å². The molecule has 30 heavy (non-hydrogen) atoms. The predicted octanol–water partition coefficient (Wildman–Crippen LogP) is 3.52. The quantitative estimate of drug-likeness (QED) is 0.842. The Labute approximate surface area is 177 Å². The van der Waals surface area contributed by atoms with Crippen molar-refractivity contribution in [2.45, 2.75) is 39.2 Å². The molecule has 0 bridgehead atoms. The van der Waals surface area contributed by atoms with Crippen LogP contribution in [-0.2, 0) is 9.59 Å². The Balaban J connectivity index is 1.50. The zero-order valence-corrected chi connectivity index (χ0v) is 17.7. The van der Waals surface area contributed by atoms with Crippen molar-refractivity contribution >= 4 is 23.2 Å². The van der Waals surface area contributed by atoms with E-state index in [-0.39, 0.29) is 18.4 Å². The van der Waals surface area contributed by atoms with Gasteiger partial charge >= 0.3 is 0 Å². The van der Waals surface area contributed by atoms with Crippen molar-refractivity contribution < 1.29 is 14.3 Å². The fraction of sp³-hybridized carbons (Fsp3) is 0.417. The molecule has 1 saturated heterocycles. The lowest BCUT2D eigenvalue weighted by atomic mass is 10.1. The molecule has 0 radical (unpaired) electrons. The average Bonchev–Trinajstić information content (AvgIpc) is 2.77. The van der Waals surface area contributed by atoms with Gasteiger partial charge in [0.05, 0.1) is 18.8 Å². The van der Waals surface area contributed by atoms with Gasteiger partial charge < -0.3 is 19.9 Å². The molecule has 6 heteroatoms. The summed E-state index contributed by atoms with van der Waals surface area (Å²) < 4.78 is 6.05. The van der Waals surface area contributed by atoms with E-state index in [4.69, 9.17) is 4.74 Å². The molecule has 2 heterocycles.